The number of rotatable bonds is 6. The van der Waals surface area contributed by atoms with E-state index >= 15 is 0 Å². The predicted molar refractivity (Wildman–Crippen MR) is 73.8 cm³/mol. The maximum atomic E-state index is 5.45. The summed E-state index contributed by atoms with van der Waals surface area (Å²) in [7, 11) is 0. The van der Waals surface area contributed by atoms with E-state index in [0.29, 0.717) is 17.7 Å². The van der Waals surface area contributed by atoms with E-state index in [0.717, 1.165) is 37.8 Å². The molecule has 0 radical (unpaired) electrons. The normalized spacial score (nSPS) is 22.5. The Bertz CT molecular complexity index is 429. The van der Waals surface area contributed by atoms with Gasteiger partial charge in [0.15, 0.2) is 0 Å². The van der Waals surface area contributed by atoms with Gasteiger partial charge in [-0.15, -0.1) is 0 Å². The Morgan fingerprint density at radius 2 is 2.11 bits per heavy atom. The summed E-state index contributed by atoms with van der Waals surface area (Å²) in [4.78, 5) is 8.95. The molecule has 0 spiro atoms. The van der Waals surface area contributed by atoms with Gasteiger partial charge in [-0.25, -0.2) is 15.8 Å². The van der Waals surface area contributed by atoms with E-state index in [9.17, 15) is 0 Å². The molecular formula is C13H21N5O. The molecule has 0 amide bonds. The Hall–Kier alpha value is -1.40. The molecule has 19 heavy (non-hydrogen) atoms. The Kier molecular flexibility index (Phi) is 3.79. The number of aromatic nitrogens is 2. The number of hydrogen-bond acceptors (Lipinski definition) is 6. The van der Waals surface area contributed by atoms with Crippen LogP contribution in [-0.2, 0) is 4.74 Å². The fourth-order valence-electron chi connectivity index (χ4n) is 2.37. The van der Waals surface area contributed by atoms with E-state index in [4.69, 9.17) is 10.6 Å². The lowest BCUT2D eigenvalue weighted by Crippen LogP contribution is -2.14. The highest BCUT2D eigenvalue weighted by atomic mass is 16.5. The largest absolute Gasteiger partial charge is 0.381 e. The van der Waals surface area contributed by atoms with Crippen LogP contribution >= 0.6 is 0 Å². The van der Waals surface area contributed by atoms with E-state index in [-0.39, 0.29) is 0 Å². The number of nitrogens with two attached hydrogens (primary N) is 1. The molecule has 6 heteroatoms. The molecule has 2 fully saturated rings. The average molecular weight is 263 g/mol. The highest BCUT2D eigenvalue weighted by molar-refractivity contribution is 5.47. The van der Waals surface area contributed by atoms with Crippen LogP contribution in [0.3, 0.4) is 0 Å². The monoisotopic (exact) mass is 263 g/mol. The minimum Gasteiger partial charge on any atom is -0.381 e. The molecule has 104 valence electrons. The van der Waals surface area contributed by atoms with Crippen LogP contribution in [0.15, 0.2) is 6.07 Å². The number of nitrogen functional groups attached to an aromatic ring is 1. The smallest absolute Gasteiger partial charge is 0.145 e. The predicted octanol–water partition coefficient (Wildman–Crippen LogP) is 1.48. The first-order valence-corrected chi connectivity index (χ1v) is 7.02. The second-order valence-corrected chi connectivity index (χ2v) is 5.36. The van der Waals surface area contributed by atoms with Crippen LogP contribution in [0, 0.1) is 5.92 Å². The number of hydrogen-bond donors (Lipinski definition) is 3. The molecule has 1 saturated heterocycles. The molecule has 1 aromatic rings. The first-order chi connectivity index (χ1) is 9.35. The van der Waals surface area contributed by atoms with Crippen molar-refractivity contribution >= 4 is 11.6 Å². The van der Waals surface area contributed by atoms with Crippen LogP contribution in [-0.4, -0.2) is 29.7 Å². The van der Waals surface area contributed by atoms with E-state index in [2.05, 4.69) is 20.7 Å². The second-order valence-electron chi connectivity index (χ2n) is 5.36. The third kappa shape index (κ3) is 3.33. The van der Waals surface area contributed by atoms with Crippen molar-refractivity contribution in [3.63, 3.8) is 0 Å². The molecular weight excluding hydrogens is 242 g/mol. The van der Waals surface area contributed by atoms with Gasteiger partial charge in [-0.05, 0) is 31.6 Å². The molecule has 0 bridgehead atoms. The van der Waals surface area contributed by atoms with Crippen LogP contribution in [0.2, 0.25) is 0 Å². The Morgan fingerprint density at radius 3 is 2.79 bits per heavy atom. The minimum absolute atomic E-state index is 0.525. The molecule has 4 N–H and O–H groups in total. The minimum atomic E-state index is 0.525. The van der Waals surface area contributed by atoms with Crippen LogP contribution in [0.4, 0.5) is 11.6 Å². The van der Waals surface area contributed by atoms with Crippen molar-refractivity contribution in [3.8, 4) is 0 Å². The number of nitrogens with zero attached hydrogens (tertiary/aromatic N) is 2. The second kappa shape index (κ2) is 5.71. The molecule has 2 heterocycles. The third-order valence-corrected chi connectivity index (χ3v) is 3.72. The van der Waals surface area contributed by atoms with Gasteiger partial charge < -0.3 is 15.5 Å². The van der Waals surface area contributed by atoms with Crippen LogP contribution < -0.4 is 16.6 Å². The first kappa shape index (κ1) is 12.6. The van der Waals surface area contributed by atoms with Crippen LogP contribution in [0.5, 0.6) is 0 Å². The average Bonchev–Trinajstić information content (AvgIpc) is 3.17. The van der Waals surface area contributed by atoms with Crippen molar-refractivity contribution in [2.75, 3.05) is 30.5 Å². The van der Waals surface area contributed by atoms with Crippen LogP contribution in [0.1, 0.15) is 37.4 Å². The molecule has 2 aliphatic rings. The Labute approximate surface area is 113 Å². The topological polar surface area (TPSA) is 85.1 Å². The van der Waals surface area contributed by atoms with Gasteiger partial charge in [0.1, 0.15) is 17.5 Å². The quantitative estimate of drug-likeness (QED) is 0.532. The maximum absolute atomic E-state index is 5.45. The van der Waals surface area contributed by atoms with Crippen LogP contribution in [0.25, 0.3) is 0 Å². The lowest BCUT2D eigenvalue weighted by Gasteiger charge is -2.11. The summed E-state index contributed by atoms with van der Waals surface area (Å²) in [6, 6.07) is 1.86. The lowest BCUT2D eigenvalue weighted by molar-refractivity contribution is 0.185. The first-order valence-electron chi connectivity index (χ1n) is 7.02. The SMILES string of the molecule is NNc1cc(NCCC2CCOC2)nc(C2CC2)n1. The third-order valence-electron chi connectivity index (χ3n) is 3.72. The molecule has 0 aromatic carbocycles. The van der Waals surface area contributed by atoms with Gasteiger partial charge >= 0.3 is 0 Å². The maximum Gasteiger partial charge on any atom is 0.145 e. The van der Waals surface area contributed by atoms with Gasteiger partial charge in [0.05, 0.1) is 0 Å². The van der Waals surface area contributed by atoms with Gasteiger partial charge in [-0.2, -0.15) is 0 Å². The van der Waals surface area contributed by atoms with E-state index in [1.807, 2.05) is 6.07 Å². The molecule has 1 aliphatic heterocycles. The summed E-state index contributed by atoms with van der Waals surface area (Å²) < 4.78 is 5.38. The van der Waals surface area contributed by atoms with Gasteiger partial charge in [-0.1, -0.05) is 0 Å². The molecule has 6 nitrogen and oxygen atoms in total. The molecule has 1 aromatic heterocycles. The lowest BCUT2D eigenvalue weighted by atomic mass is 10.1. The van der Waals surface area contributed by atoms with Gasteiger partial charge in [0.2, 0.25) is 0 Å². The van der Waals surface area contributed by atoms with Crippen molar-refractivity contribution in [1.82, 2.24) is 9.97 Å². The fourth-order valence-corrected chi connectivity index (χ4v) is 2.37. The van der Waals surface area contributed by atoms with Crippen molar-refractivity contribution in [1.29, 1.82) is 0 Å². The summed E-state index contributed by atoms with van der Waals surface area (Å²) in [5, 5.41) is 3.37. The van der Waals surface area contributed by atoms with Gasteiger partial charge in [0, 0.05) is 31.7 Å². The highest BCUT2D eigenvalue weighted by Gasteiger charge is 2.27. The zero-order chi connectivity index (χ0) is 13.1. The summed E-state index contributed by atoms with van der Waals surface area (Å²) >= 11 is 0. The van der Waals surface area contributed by atoms with E-state index in [1.165, 1.54) is 19.3 Å². The standard InChI is InChI=1S/C13H21N5O/c14-18-12-7-11(16-13(17-12)10-1-2-10)15-5-3-9-4-6-19-8-9/h7,9-10H,1-6,8,14H2,(H2,15,16,17,18). The highest BCUT2D eigenvalue weighted by Crippen LogP contribution is 2.38. The van der Waals surface area contributed by atoms with Gasteiger partial charge in [-0.3, -0.25) is 0 Å². The molecule has 1 atom stereocenters. The Balaban J connectivity index is 1.57. The summed E-state index contributed by atoms with van der Waals surface area (Å²) in [6.07, 6.45) is 4.67. The number of anilines is 2. The van der Waals surface area contributed by atoms with Crippen molar-refractivity contribution < 1.29 is 4.74 Å². The zero-order valence-electron chi connectivity index (χ0n) is 11.1. The van der Waals surface area contributed by atoms with Crippen molar-refractivity contribution in [2.24, 2.45) is 11.8 Å². The van der Waals surface area contributed by atoms with Crippen molar-refractivity contribution in [2.45, 2.75) is 31.6 Å². The van der Waals surface area contributed by atoms with Crippen molar-refractivity contribution in [3.05, 3.63) is 11.9 Å². The summed E-state index contributed by atoms with van der Waals surface area (Å²) in [5.41, 5.74) is 2.61. The number of nitrogens with one attached hydrogen (secondary N) is 2. The van der Waals surface area contributed by atoms with Gasteiger partial charge in [0.25, 0.3) is 0 Å². The Morgan fingerprint density at radius 1 is 1.26 bits per heavy atom. The zero-order valence-corrected chi connectivity index (χ0v) is 11.1. The molecule has 1 unspecified atom stereocenters. The molecule has 1 aliphatic carbocycles. The van der Waals surface area contributed by atoms with E-state index < -0.39 is 0 Å². The summed E-state index contributed by atoms with van der Waals surface area (Å²) in [5.74, 6) is 9.11. The summed E-state index contributed by atoms with van der Waals surface area (Å²) in [6.45, 7) is 2.72. The number of hydrazine groups is 1. The number of ether oxygens (including phenoxy) is 1. The fraction of sp³-hybridized carbons (Fsp3) is 0.692. The van der Waals surface area contributed by atoms with E-state index in [1.54, 1.807) is 0 Å². The molecule has 3 rings (SSSR count). The molecule has 1 saturated carbocycles.